The molecule has 0 aromatic rings. The van der Waals surface area contributed by atoms with Crippen molar-refractivity contribution in [2.24, 2.45) is 5.92 Å². The van der Waals surface area contributed by atoms with Crippen LogP contribution in [0.3, 0.4) is 0 Å². The lowest BCUT2D eigenvalue weighted by molar-refractivity contribution is 0.447. The highest BCUT2D eigenvalue weighted by Gasteiger charge is 2.00. The van der Waals surface area contributed by atoms with Gasteiger partial charge in [0.25, 0.3) is 0 Å². The van der Waals surface area contributed by atoms with Gasteiger partial charge in [-0.1, -0.05) is 70.9 Å². The van der Waals surface area contributed by atoms with Gasteiger partial charge in [-0.25, -0.2) is 0 Å². The fraction of sp³-hybridized carbons (Fsp3) is 0.750. The Bertz CT molecular complexity index is 146. The number of unbranched alkanes of at least 4 members (excludes halogenated alkanes) is 5. The SMILES string of the molecule is [CH2]C/C=C/CCCCCCC(C)CCC[CH2]. The third-order valence-corrected chi connectivity index (χ3v) is 3.10. The zero-order chi connectivity index (χ0) is 12.1. The van der Waals surface area contributed by atoms with Crippen LogP contribution in [0.1, 0.15) is 71.1 Å². The van der Waals surface area contributed by atoms with Crippen LogP contribution in [0.5, 0.6) is 0 Å². The van der Waals surface area contributed by atoms with Crippen LogP contribution in [-0.2, 0) is 0 Å². The van der Waals surface area contributed by atoms with Crippen LogP contribution in [0.4, 0.5) is 0 Å². The summed E-state index contributed by atoms with van der Waals surface area (Å²) in [7, 11) is 0. The van der Waals surface area contributed by atoms with Crippen molar-refractivity contribution in [1.29, 1.82) is 0 Å². The largest absolute Gasteiger partial charge is 0.0885 e. The van der Waals surface area contributed by atoms with E-state index in [4.69, 9.17) is 0 Å². The molecule has 2 radical (unpaired) electrons. The predicted octanol–water partition coefficient (Wildman–Crippen LogP) is 5.75. The van der Waals surface area contributed by atoms with E-state index < -0.39 is 0 Å². The van der Waals surface area contributed by atoms with Crippen LogP contribution in [0.15, 0.2) is 12.2 Å². The van der Waals surface area contributed by atoms with E-state index in [0.717, 1.165) is 18.8 Å². The first-order valence-electron chi connectivity index (χ1n) is 7.04. The van der Waals surface area contributed by atoms with Gasteiger partial charge in [-0.2, -0.15) is 0 Å². The monoisotopic (exact) mass is 222 g/mol. The Morgan fingerprint density at radius 3 is 2.25 bits per heavy atom. The molecular weight excluding hydrogens is 192 g/mol. The molecule has 1 unspecified atom stereocenters. The lowest BCUT2D eigenvalue weighted by atomic mass is 9.97. The average Bonchev–Trinajstić information content (AvgIpc) is 2.30. The molecule has 0 saturated heterocycles. The van der Waals surface area contributed by atoms with E-state index in [1.54, 1.807) is 0 Å². The minimum Gasteiger partial charge on any atom is -0.0885 e. The minimum atomic E-state index is 0.910. The van der Waals surface area contributed by atoms with Gasteiger partial charge in [0.1, 0.15) is 0 Å². The standard InChI is InChI=1S/C16H30/c1-4-6-8-9-10-11-12-13-15-16(3)14-7-5-2/h6,8,16H,1-2,4-5,7,9-15H2,3H3/b8-6+. The van der Waals surface area contributed by atoms with Crippen LogP contribution in [0.25, 0.3) is 0 Å². The van der Waals surface area contributed by atoms with Gasteiger partial charge in [-0.3, -0.25) is 0 Å². The Balaban J connectivity index is 3.11. The molecule has 0 bridgehead atoms. The van der Waals surface area contributed by atoms with Crippen molar-refractivity contribution in [3.05, 3.63) is 26.0 Å². The lowest BCUT2D eigenvalue weighted by Gasteiger charge is -2.09. The van der Waals surface area contributed by atoms with E-state index in [0.29, 0.717) is 0 Å². The number of hydrogen-bond acceptors (Lipinski definition) is 0. The smallest absolute Gasteiger partial charge is 0.0351 e. The Hall–Kier alpha value is -0.260. The summed E-state index contributed by atoms with van der Waals surface area (Å²) in [4.78, 5) is 0. The van der Waals surface area contributed by atoms with Crippen molar-refractivity contribution in [2.45, 2.75) is 71.1 Å². The third-order valence-electron chi connectivity index (χ3n) is 3.10. The maximum absolute atomic E-state index is 3.89. The molecule has 0 heteroatoms. The van der Waals surface area contributed by atoms with Gasteiger partial charge >= 0.3 is 0 Å². The second kappa shape index (κ2) is 12.8. The molecule has 0 aromatic heterocycles. The van der Waals surface area contributed by atoms with E-state index in [1.807, 2.05) is 0 Å². The zero-order valence-electron chi connectivity index (χ0n) is 11.2. The molecule has 0 aromatic carbocycles. The summed E-state index contributed by atoms with van der Waals surface area (Å²) in [6.45, 7) is 10.1. The van der Waals surface area contributed by atoms with Gasteiger partial charge in [0.05, 0.1) is 0 Å². The molecule has 0 spiro atoms. The number of allylic oxidation sites excluding steroid dienone is 2. The fourth-order valence-corrected chi connectivity index (χ4v) is 1.98. The van der Waals surface area contributed by atoms with Crippen LogP contribution in [-0.4, -0.2) is 0 Å². The summed E-state index contributed by atoms with van der Waals surface area (Å²) in [5, 5.41) is 0. The molecule has 1 atom stereocenters. The molecule has 0 rings (SSSR count). The number of rotatable bonds is 11. The maximum Gasteiger partial charge on any atom is -0.0351 e. The molecule has 0 nitrogen and oxygen atoms in total. The first-order chi connectivity index (χ1) is 7.81. The molecule has 0 fully saturated rings. The molecule has 0 aliphatic rings. The van der Waals surface area contributed by atoms with Gasteiger partial charge in [0.2, 0.25) is 0 Å². The van der Waals surface area contributed by atoms with Gasteiger partial charge in [0, 0.05) is 0 Å². The first-order valence-corrected chi connectivity index (χ1v) is 7.04. The highest BCUT2D eigenvalue weighted by molar-refractivity contribution is 4.81. The second-order valence-electron chi connectivity index (χ2n) is 4.85. The maximum atomic E-state index is 3.89. The van der Waals surface area contributed by atoms with E-state index >= 15 is 0 Å². The molecule has 0 aliphatic heterocycles. The van der Waals surface area contributed by atoms with Gasteiger partial charge in [0.15, 0.2) is 0 Å². The third kappa shape index (κ3) is 11.8. The van der Waals surface area contributed by atoms with Crippen molar-refractivity contribution in [3.8, 4) is 0 Å². The van der Waals surface area contributed by atoms with E-state index in [9.17, 15) is 0 Å². The van der Waals surface area contributed by atoms with E-state index in [-0.39, 0.29) is 0 Å². The number of hydrogen-bond donors (Lipinski definition) is 0. The van der Waals surface area contributed by atoms with Crippen LogP contribution < -0.4 is 0 Å². The highest BCUT2D eigenvalue weighted by Crippen LogP contribution is 2.16. The topological polar surface area (TPSA) is 0 Å². The van der Waals surface area contributed by atoms with Crippen molar-refractivity contribution >= 4 is 0 Å². The van der Waals surface area contributed by atoms with Crippen LogP contribution in [0, 0.1) is 19.8 Å². The van der Waals surface area contributed by atoms with Crippen molar-refractivity contribution in [3.63, 3.8) is 0 Å². The van der Waals surface area contributed by atoms with Gasteiger partial charge in [-0.05, 0) is 32.1 Å². The molecular formula is C16H30. The molecule has 0 heterocycles. The zero-order valence-corrected chi connectivity index (χ0v) is 11.2. The average molecular weight is 222 g/mol. The quantitative estimate of drug-likeness (QED) is 0.308. The Morgan fingerprint density at radius 2 is 1.56 bits per heavy atom. The summed E-state index contributed by atoms with van der Waals surface area (Å²) in [5.74, 6) is 0.910. The minimum absolute atomic E-state index is 0.910. The van der Waals surface area contributed by atoms with Crippen molar-refractivity contribution < 1.29 is 0 Å². The fourth-order valence-electron chi connectivity index (χ4n) is 1.98. The highest BCUT2D eigenvalue weighted by atomic mass is 14.1. The van der Waals surface area contributed by atoms with Crippen LogP contribution in [0.2, 0.25) is 0 Å². The lowest BCUT2D eigenvalue weighted by Crippen LogP contribution is -1.94. The molecule has 0 aliphatic carbocycles. The Kier molecular flexibility index (Phi) is 12.6. The Labute approximate surface area is 104 Å². The van der Waals surface area contributed by atoms with Gasteiger partial charge in [-0.15, -0.1) is 0 Å². The predicted molar refractivity (Wildman–Crippen MR) is 75.2 cm³/mol. The summed E-state index contributed by atoms with van der Waals surface area (Å²) in [6, 6.07) is 0. The summed E-state index contributed by atoms with van der Waals surface area (Å²) < 4.78 is 0. The van der Waals surface area contributed by atoms with E-state index in [2.05, 4.69) is 32.9 Å². The summed E-state index contributed by atoms with van der Waals surface area (Å²) in [5.41, 5.74) is 0. The molecule has 16 heavy (non-hydrogen) atoms. The second-order valence-corrected chi connectivity index (χ2v) is 4.85. The van der Waals surface area contributed by atoms with Crippen molar-refractivity contribution in [2.75, 3.05) is 0 Å². The van der Waals surface area contributed by atoms with Gasteiger partial charge < -0.3 is 0 Å². The van der Waals surface area contributed by atoms with E-state index in [1.165, 1.54) is 51.4 Å². The molecule has 0 N–H and O–H groups in total. The molecule has 94 valence electrons. The Morgan fingerprint density at radius 1 is 0.875 bits per heavy atom. The molecule has 0 saturated carbocycles. The van der Waals surface area contributed by atoms with Crippen LogP contribution >= 0.6 is 0 Å². The normalized spacial score (nSPS) is 13.4. The summed E-state index contributed by atoms with van der Waals surface area (Å²) in [6.07, 6.45) is 17.4. The molecule has 0 amide bonds. The summed E-state index contributed by atoms with van der Waals surface area (Å²) >= 11 is 0. The van der Waals surface area contributed by atoms with Crippen molar-refractivity contribution in [1.82, 2.24) is 0 Å². The first kappa shape index (κ1) is 15.7.